The van der Waals surface area contributed by atoms with Crippen molar-refractivity contribution in [1.82, 2.24) is 10.3 Å². The summed E-state index contributed by atoms with van der Waals surface area (Å²) in [6.45, 7) is 0.0312. The average molecular weight is 337 g/mol. The third kappa shape index (κ3) is 5.62. The summed E-state index contributed by atoms with van der Waals surface area (Å²) in [5.74, 6) is -0.751. The van der Waals surface area contributed by atoms with Crippen molar-refractivity contribution < 1.29 is 14.3 Å². The highest BCUT2D eigenvalue weighted by atomic mass is 35.5. The molecule has 0 aliphatic heterocycles. The van der Waals surface area contributed by atoms with Gasteiger partial charge in [-0.05, 0) is 42.7 Å². The van der Waals surface area contributed by atoms with Gasteiger partial charge in [0.25, 0.3) is 0 Å². The minimum absolute atomic E-state index is 0.000456. The number of carbonyl (C=O) groups is 1. The van der Waals surface area contributed by atoms with Crippen LogP contribution < -0.4 is 5.32 Å². The van der Waals surface area contributed by atoms with Gasteiger partial charge >= 0.3 is 0 Å². The van der Waals surface area contributed by atoms with Gasteiger partial charge in [0.15, 0.2) is 0 Å². The molecule has 0 fully saturated rings. The first-order valence-electron chi connectivity index (χ1n) is 7.36. The maximum atomic E-state index is 13.3. The highest BCUT2D eigenvalue weighted by Gasteiger charge is 2.11. The van der Waals surface area contributed by atoms with E-state index >= 15 is 0 Å². The van der Waals surface area contributed by atoms with Crippen molar-refractivity contribution in [2.24, 2.45) is 0 Å². The van der Waals surface area contributed by atoms with E-state index in [2.05, 4.69) is 10.3 Å². The van der Waals surface area contributed by atoms with Crippen LogP contribution in [0, 0.1) is 5.82 Å². The van der Waals surface area contributed by atoms with Crippen molar-refractivity contribution in [3.05, 3.63) is 64.7 Å². The van der Waals surface area contributed by atoms with Crippen LogP contribution in [0.15, 0.2) is 42.6 Å². The SMILES string of the molecule is O=C(CCCc1ccccn1)NCC(O)c1ccc(Cl)c(F)c1. The Bertz CT molecular complexity index is 652. The third-order valence-electron chi connectivity index (χ3n) is 3.38. The van der Waals surface area contributed by atoms with Crippen molar-refractivity contribution in [2.45, 2.75) is 25.4 Å². The fourth-order valence-corrected chi connectivity index (χ4v) is 2.23. The van der Waals surface area contributed by atoms with Gasteiger partial charge in [0, 0.05) is 24.9 Å². The molecule has 1 amide bonds. The number of nitrogens with zero attached hydrogens (tertiary/aromatic N) is 1. The van der Waals surface area contributed by atoms with Crippen LogP contribution in [0.25, 0.3) is 0 Å². The Hall–Kier alpha value is -1.98. The van der Waals surface area contributed by atoms with E-state index in [9.17, 15) is 14.3 Å². The molecule has 0 aliphatic carbocycles. The first-order valence-corrected chi connectivity index (χ1v) is 7.73. The number of aryl methyl sites for hydroxylation is 1. The summed E-state index contributed by atoms with van der Waals surface area (Å²) in [5, 5.41) is 12.6. The van der Waals surface area contributed by atoms with Crippen LogP contribution in [-0.4, -0.2) is 22.5 Å². The summed E-state index contributed by atoms with van der Waals surface area (Å²) in [4.78, 5) is 15.9. The summed E-state index contributed by atoms with van der Waals surface area (Å²) < 4.78 is 13.3. The number of pyridine rings is 1. The summed E-state index contributed by atoms with van der Waals surface area (Å²) in [7, 11) is 0. The Balaban J connectivity index is 1.72. The van der Waals surface area contributed by atoms with E-state index in [0.717, 1.165) is 12.1 Å². The number of aliphatic hydroxyl groups is 1. The lowest BCUT2D eigenvalue weighted by Crippen LogP contribution is -2.28. The number of hydrogen-bond donors (Lipinski definition) is 2. The van der Waals surface area contributed by atoms with E-state index in [-0.39, 0.29) is 17.5 Å². The molecule has 1 heterocycles. The molecular weight excluding hydrogens is 319 g/mol. The molecular formula is C17H18ClFN2O2. The number of hydrogen-bond acceptors (Lipinski definition) is 3. The van der Waals surface area contributed by atoms with Crippen LogP contribution in [-0.2, 0) is 11.2 Å². The second kappa shape index (κ2) is 8.60. The first kappa shape index (κ1) is 17.4. The number of aliphatic hydroxyl groups excluding tert-OH is 1. The quantitative estimate of drug-likeness (QED) is 0.817. The highest BCUT2D eigenvalue weighted by molar-refractivity contribution is 6.30. The number of aromatic nitrogens is 1. The van der Waals surface area contributed by atoms with Gasteiger partial charge in [0.2, 0.25) is 5.91 Å². The Morgan fingerprint density at radius 2 is 2.17 bits per heavy atom. The Morgan fingerprint density at radius 3 is 2.87 bits per heavy atom. The Labute approximate surface area is 139 Å². The van der Waals surface area contributed by atoms with Crippen molar-refractivity contribution in [3.8, 4) is 0 Å². The number of nitrogens with one attached hydrogen (secondary N) is 1. The van der Waals surface area contributed by atoms with Gasteiger partial charge in [0.1, 0.15) is 5.82 Å². The third-order valence-corrected chi connectivity index (χ3v) is 3.69. The van der Waals surface area contributed by atoms with E-state index in [0.29, 0.717) is 18.4 Å². The van der Waals surface area contributed by atoms with E-state index < -0.39 is 11.9 Å². The summed E-state index contributed by atoms with van der Waals surface area (Å²) in [5.41, 5.74) is 1.32. The summed E-state index contributed by atoms with van der Waals surface area (Å²) >= 11 is 5.59. The smallest absolute Gasteiger partial charge is 0.220 e. The van der Waals surface area contributed by atoms with Gasteiger partial charge in [0.05, 0.1) is 11.1 Å². The van der Waals surface area contributed by atoms with Gasteiger partial charge in [-0.15, -0.1) is 0 Å². The zero-order valence-corrected chi connectivity index (χ0v) is 13.3. The second-order valence-electron chi connectivity index (χ2n) is 5.17. The lowest BCUT2D eigenvalue weighted by Gasteiger charge is -2.12. The maximum Gasteiger partial charge on any atom is 0.220 e. The molecule has 23 heavy (non-hydrogen) atoms. The molecule has 0 aliphatic rings. The van der Waals surface area contributed by atoms with Crippen LogP contribution in [0.4, 0.5) is 4.39 Å². The van der Waals surface area contributed by atoms with Crippen molar-refractivity contribution in [3.63, 3.8) is 0 Å². The minimum Gasteiger partial charge on any atom is -0.387 e. The van der Waals surface area contributed by atoms with E-state index in [1.54, 1.807) is 6.20 Å². The summed E-state index contributed by atoms with van der Waals surface area (Å²) in [6.07, 6.45) is 2.49. The molecule has 0 radical (unpaired) electrons. The molecule has 0 bridgehead atoms. The van der Waals surface area contributed by atoms with Crippen molar-refractivity contribution >= 4 is 17.5 Å². The Kier molecular flexibility index (Phi) is 6.50. The minimum atomic E-state index is -0.971. The molecule has 2 N–H and O–H groups in total. The van der Waals surface area contributed by atoms with Gasteiger partial charge in [-0.25, -0.2) is 4.39 Å². The average Bonchev–Trinajstić information content (AvgIpc) is 2.56. The first-order chi connectivity index (χ1) is 11.1. The van der Waals surface area contributed by atoms with Gasteiger partial charge in [-0.1, -0.05) is 23.7 Å². The predicted molar refractivity (Wildman–Crippen MR) is 86.6 cm³/mol. The molecule has 1 aromatic heterocycles. The molecule has 0 spiro atoms. The van der Waals surface area contributed by atoms with E-state index in [4.69, 9.17) is 11.6 Å². The molecule has 2 aromatic rings. The molecule has 122 valence electrons. The standard InChI is InChI=1S/C17H18ClFN2O2/c18-14-8-7-12(10-15(14)19)16(22)11-21-17(23)6-3-5-13-4-1-2-9-20-13/h1-2,4,7-10,16,22H,3,5-6,11H2,(H,21,23). The molecule has 1 atom stereocenters. The number of halogens is 2. The topological polar surface area (TPSA) is 62.2 Å². The molecule has 1 unspecified atom stereocenters. The fourth-order valence-electron chi connectivity index (χ4n) is 2.11. The zero-order chi connectivity index (χ0) is 16.7. The number of rotatable bonds is 7. The number of carbonyl (C=O) groups excluding carboxylic acids is 1. The second-order valence-corrected chi connectivity index (χ2v) is 5.58. The van der Waals surface area contributed by atoms with E-state index in [1.165, 1.54) is 18.2 Å². The molecule has 1 aromatic carbocycles. The molecule has 6 heteroatoms. The molecule has 2 rings (SSSR count). The van der Waals surface area contributed by atoms with Gasteiger partial charge in [-0.2, -0.15) is 0 Å². The van der Waals surface area contributed by atoms with Crippen LogP contribution >= 0.6 is 11.6 Å². The largest absolute Gasteiger partial charge is 0.387 e. The lowest BCUT2D eigenvalue weighted by molar-refractivity contribution is -0.121. The predicted octanol–water partition coefficient (Wildman–Crippen LogP) is 3.05. The normalized spacial score (nSPS) is 12.0. The van der Waals surface area contributed by atoms with Crippen molar-refractivity contribution in [2.75, 3.05) is 6.54 Å². The maximum absolute atomic E-state index is 13.3. The van der Waals surface area contributed by atoms with Gasteiger partial charge in [-0.3, -0.25) is 9.78 Å². The molecule has 0 saturated carbocycles. The number of amides is 1. The highest BCUT2D eigenvalue weighted by Crippen LogP contribution is 2.19. The van der Waals surface area contributed by atoms with Crippen LogP contribution in [0.5, 0.6) is 0 Å². The fraction of sp³-hybridized carbons (Fsp3) is 0.294. The summed E-state index contributed by atoms with van der Waals surface area (Å²) in [6, 6.07) is 9.74. The molecule has 0 saturated heterocycles. The monoisotopic (exact) mass is 336 g/mol. The van der Waals surface area contributed by atoms with Crippen LogP contribution in [0.2, 0.25) is 5.02 Å². The van der Waals surface area contributed by atoms with Gasteiger partial charge < -0.3 is 10.4 Å². The zero-order valence-electron chi connectivity index (χ0n) is 12.5. The Morgan fingerprint density at radius 1 is 1.35 bits per heavy atom. The van der Waals surface area contributed by atoms with E-state index in [1.807, 2.05) is 18.2 Å². The number of benzene rings is 1. The lowest BCUT2D eigenvalue weighted by atomic mass is 10.1. The van der Waals surface area contributed by atoms with Crippen LogP contribution in [0.3, 0.4) is 0 Å². The molecule has 4 nitrogen and oxygen atoms in total. The van der Waals surface area contributed by atoms with Crippen molar-refractivity contribution in [1.29, 1.82) is 0 Å². The van der Waals surface area contributed by atoms with Crippen LogP contribution in [0.1, 0.15) is 30.2 Å².